The van der Waals surface area contributed by atoms with E-state index in [1.54, 1.807) is 6.20 Å². The summed E-state index contributed by atoms with van der Waals surface area (Å²) in [5.74, 6) is -0.197. The Hall–Kier alpha value is -2.33. The summed E-state index contributed by atoms with van der Waals surface area (Å²) in [7, 11) is 0. The van der Waals surface area contributed by atoms with Gasteiger partial charge in [-0.1, -0.05) is 26.8 Å². The highest BCUT2D eigenvalue weighted by Crippen LogP contribution is 2.37. The zero-order valence-corrected chi connectivity index (χ0v) is 19.0. The molecule has 1 amide bonds. The first-order valence-corrected chi connectivity index (χ1v) is 11.3. The number of nitrogens with one attached hydrogen (secondary N) is 2. The molecule has 0 bridgehead atoms. The summed E-state index contributed by atoms with van der Waals surface area (Å²) in [5, 5.41) is 20.2. The quantitative estimate of drug-likeness (QED) is 0.541. The highest BCUT2D eigenvalue weighted by molar-refractivity contribution is 7.20. The van der Waals surface area contributed by atoms with Crippen LogP contribution >= 0.6 is 11.3 Å². The Balaban J connectivity index is 1.61. The number of hydrogen-bond donors (Lipinski definition) is 3. The molecule has 9 heteroatoms. The molecule has 8 nitrogen and oxygen atoms in total. The van der Waals surface area contributed by atoms with E-state index in [0.717, 1.165) is 34.6 Å². The van der Waals surface area contributed by atoms with E-state index in [-0.39, 0.29) is 30.6 Å². The van der Waals surface area contributed by atoms with Gasteiger partial charge in [-0.05, 0) is 6.07 Å². The number of nitrogens with zero attached hydrogens (tertiary/aromatic N) is 3. The molecule has 4 heterocycles. The van der Waals surface area contributed by atoms with Gasteiger partial charge in [0.05, 0.1) is 25.5 Å². The van der Waals surface area contributed by atoms with Crippen LogP contribution in [0.5, 0.6) is 0 Å². The highest BCUT2D eigenvalue weighted by atomic mass is 32.1. The smallest absolute Gasteiger partial charge is 0.261 e. The van der Waals surface area contributed by atoms with Crippen LogP contribution in [0.4, 0.5) is 0 Å². The molecule has 1 fully saturated rings. The van der Waals surface area contributed by atoms with Gasteiger partial charge in [0.2, 0.25) is 0 Å². The summed E-state index contributed by atoms with van der Waals surface area (Å²) in [6.07, 6.45) is 3.41. The Morgan fingerprint density at radius 2 is 2.29 bits per heavy atom. The number of carbonyl (C=O) groups excluding carboxylic acids is 1. The number of pyridine rings is 1. The van der Waals surface area contributed by atoms with Crippen molar-refractivity contribution in [3.63, 3.8) is 0 Å². The van der Waals surface area contributed by atoms with Crippen molar-refractivity contribution >= 4 is 27.5 Å². The van der Waals surface area contributed by atoms with Crippen molar-refractivity contribution in [3.05, 3.63) is 46.2 Å². The topological polar surface area (TPSA) is 103 Å². The van der Waals surface area contributed by atoms with E-state index in [1.807, 2.05) is 18.3 Å². The van der Waals surface area contributed by atoms with Gasteiger partial charge >= 0.3 is 0 Å². The summed E-state index contributed by atoms with van der Waals surface area (Å²) in [6, 6.07) is 3.88. The number of aliphatic hydroxyl groups excluding tert-OH is 1. The lowest BCUT2D eigenvalue weighted by Crippen LogP contribution is -2.39. The number of aromatic amines is 1. The Morgan fingerprint density at radius 3 is 3.06 bits per heavy atom. The fraction of sp³-hybridized carbons (Fsp3) is 0.500. The fourth-order valence-corrected chi connectivity index (χ4v) is 5.14. The zero-order chi connectivity index (χ0) is 22.0. The van der Waals surface area contributed by atoms with Crippen LogP contribution in [0.3, 0.4) is 0 Å². The molecule has 0 saturated carbocycles. The van der Waals surface area contributed by atoms with Gasteiger partial charge in [-0.15, -0.1) is 11.3 Å². The molecule has 3 aromatic rings. The molecular formula is C22H29N5O3S. The van der Waals surface area contributed by atoms with Crippen LogP contribution in [0, 0.1) is 0 Å². The molecule has 0 aliphatic carbocycles. The van der Waals surface area contributed by atoms with Crippen molar-refractivity contribution in [1.29, 1.82) is 0 Å². The third kappa shape index (κ3) is 4.64. The summed E-state index contributed by atoms with van der Waals surface area (Å²) in [5.41, 5.74) is 3.21. The Bertz CT molecular complexity index is 1060. The van der Waals surface area contributed by atoms with Gasteiger partial charge in [-0.3, -0.25) is 14.8 Å². The van der Waals surface area contributed by atoms with Gasteiger partial charge in [0, 0.05) is 60.0 Å². The van der Waals surface area contributed by atoms with Crippen LogP contribution in [-0.2, 0) is 16.7 Å². The number of aromatic nitrogens is 3. The van der Waals surface area contributed by atoms with Crippen LogP contribution in [0.15, 0.2) is 24.5 Å². The highest BCUT2D eigenvalue weighted by Gasteiger charge is 2.31. The molecule has 1 aliphatic rings. The third-order valence-electron chi connectivity index (χ3n) is 5.44. The molecule has 0 spiro atoms. The molecule has 166 valence electrons. The van der Waals surface area contributed by atoms with Crippen LogP contribution in [0.1, 0.15) is 53.4 Å². The number of H-pyrrole nitrogens is 1. The molecule has 31 heavy (non-hydrogen) atoms. The van der Waals surface area contributed by atoms with E-state index in [9.17, 15) is 4.79 Å². The minimum atomic E-state index is -0.230. The average molecular weight is 444 g/mol. The van der Waals surface area contributed by atoms with E-state index in [0.29, 0.717) is 18.0 Å². The standard InChI is InChI=1S/C22H29N5O3S/c1-22(2,3)19-14(11-25-26-19)12-27-8-10-30-16(13-27)17-15-5-4-6-24-21(15)31-18(17)20(29)23-7-9-28/h4-6,11,16,28H,7-10,12-13H2,1-3H3,(H,23,29)(H,25,26)/t16-/m0/s1. The molecule has 1 saturated heterocycles. The Labute approximate surface area is 185 Å². The van der Waals surface area contributed by atoms with Gasteiger partial charge in [-0.25, -0.2) is 4.98 Å². The number of fused-ring (bicyclic) bond motifs is 1. The van der Waals surface area contributed by atoms with E-state index in [2.05, 4.69) is 46.2 Å². The van der Waals surface area contributed by atoms with Gasteiger partial charge in [-0.2, -0.15) is 5.10 Å². The largest absolute Gasteiger partial charge is 0.395 e. The van der Waals surface area contributed by atoms with E-state index < -0.39 is 0 Å². The summed E-state index contributed by atoms with van der Waals surface area (Å²) < 4.78 is 6.16. The van der Waals surface area contributed by atoms with Crippen molar-refractivity contribution in [2.24, 2.45) is 0 Å². The fourth-order valence-electron chi connectivity index (χ4n) is 4.03. The van der Waals surface area contributed by atoms with Gasteiger partial charge < -0.3 is 15.2 Å². The summed E-state index contributed by atoms with van der Waals surface area (Å²) in [6.45, 7) is 9.49. The molecule has 0 aromatic carbocycles. The summed E-state index contributed by atoms with van der Waals surface area (Å²) in [4.78, 5) is 21.0. The molecule has 3 aromatic heterocycles. The van der Waals surface area contributed by atoms with Crippen molar-refractivity contribution in [1.82, 2.24) is 25.4 Å². The molecule has 1 aliphatic heterocycles. The second kappa shape index (κ2) is 9.04. The predicted molar refractivity (Wildman–Crippen MR) is 120 cm³/mol. The predicted octanol–water partition coefficient (Wildman–Crippen LogP) is 2.61. The minimum absolute atomic E-state index is 0.00921. The van der Waals surface area contributed by atoms with E-state index in [1.165, 1.54) is 16.9 Å². The van der Waals surface area contributed by atoms with Gasteiger partial charge in [0.1, 0.15) is 9.71 Å². The second-order valence-electron chi connectivity index (χ2n) is 8.80. The molecule has 0 unspecified atom stereocenters. The number of hydrogen-bond acceptors (Lipinski definition) is 7. The zero-order valence-electron chi connectivity index (χ0n) is 18.1. The molecule has 3 N–H and O–H groups in total. The lowest BCUT2D eigenvalue weighted by atomic mass is 9.89. The number of thiophene rings is 1. The maximum Gasteiger partial charge on any atom is 0.261 e. The van der Waals surface area contributed by atoms with E-state index in [4.69, 9.17) is 9.84 Å². The van der Waals surface area contributed by atoms with Crippen LogP contribution < -0.4 is 5.32 Å². The maximum atomic E-state index is 12.8. The van der Waals surface area contributed by atoms with Crippen molar-refractivity contribution in [2.45, 2.75) is 38.8 Å². The van der Waals surface area contributed by atoms with Gasteiger partial charge in [0.25, 0.3) is 5.91 Å². The molecule has 1 atom stereocenters. The van der Waals surface area contributed by atoms with Crippen LogP contribution in [0.25, 0.3) is 10.2 Å². The Morgan fingerprint density at radius 1 is 1.45 bits per heavy atom. The first-order valence-electron chi connectivity index (χ1n) is 10.5. The molecule has 0 radical (unpaired) electrons. The first kappa shape index (κ1) is 21.9. The number of carbonyl (C=O) groups is 1. The first-order chi connectivity index (χ1) is 14.9. The van der Waals surface area contributed by atoms with Gasteiger partial charge in [0.15, 0.2) is 0 Å². The maximum absolute atomic E-state index is 12.8. The average Bonchev–Trinajstić information content (AvgIpc) is 3.36. The second-order valence-corrected chi connectivity index (χ2v) is 9.79. The lowest BCUT2D eigenvalue weighted by Gasteiger charge is -2.33. The SMILES string of the molecule is CC(C)(C)c1[nH]ncc1CN1CCO[C@H](c2c(C(=O)NCCO)sc3ncccc23)C1. The van der Waals surface area contributed by atoms with Crippen molar-refractivity contribution in [2.75, 3.05) is 32.8 Å². The van der Waals surface area contributed by atoms with Crippen LogP contribution in [-0.4, -0.2) is 63.9 Å². The van der Waals surface area contributed by atoms with E-state index >= 15 is 0 Å². The molecule has 4 rings (SSSR count). The Kier molecular flexibility index (Phi) is 6.38. The normalized spacial score (nSPS) is 17.9. The number of morpholine rings is 1. The number of ether oxygens (including phenoxy) is 1. The number of aliphatic hydroxyl groups is 1. The van der Waals surface area contributed by atoms with Crippen molar-refractivity contribution < 1.29 is 14.6 Å². The summed E-state index contributed by atoms with van der Waals surface area (Å²) >= 11 is 1.37. The third-order valence-corrected chi connectivity index (χ3v) is 6.57. The molecular weight excluding hydrogens is 414 g/mol. The van der Waals surface area contributed by atoms with Crippen molar-refractivity contribution in [3.8, 4) is 0 Å². The lowest BCUT2D eigenvalue weighted by molar-refractivity contribution is -0.0324. The van der Waals surface area contributed by atoms with Crippen LogP contribution in [0.2, 0.25) is 0 Å². The monoisotopic (exact) mass is 443 g/mol. The number of amides is 1. The minimum Gasteiger partial charge on any atom is -0.395 e. The number of rotatable bonds is 6.